The maximum atomic E-state index is 12.9. The molecule has 0 saturated carbocycles. The molecule has 1 amide bonds. The van der Waals surface area contributed by atoms with Crippen molar-refractivity contribution >= 4 is 28.9 Å². The molecule has 1 fully saturated rings. The smallest absolute Gasteiger partial charge is 0.251 e. The molecule has 0 spiro atoms. The first-order chi connectivity index (χ1) is 12.1. The van der Waals surface area contributed by atoms with E-state index in [0.29, 0.717) is 10.7 Å². The molecule has 0 unspecified atom stereocenters. The van der Waals surface area contributed by atoms with Crippen molar-refractivity contribution in [2.24, 2.45) is 0 Å². The van der Waals surface area contributed by atoms with E-state index in [-0.39, 0.29) is 17.8 Å². The molecule has 25 heavy (non-hydrogen) atoms. The molecule has 1 saturated heterocycles. The highest BCUT2D eigenvalue weighted by atomic mass is 32.1. The minimum atomic E-state index is -0.343. The molecule has 2 aromatic carbocycles. The zero-order valence-corrected chi connectivity index (χ0v) is 14.6. The summed E-state index contributed by atoms with van der Waals surface area (Å²) < 4.78 is 12.9. The highest BCUT2D eigenvalue weighted by molar-refractivity contribution is 7.80. The number of halogens is 1. The van der Waals surface area contributed by atoms with Gasteiger partial charge in [-0.3, -0.25) is 4.79 Å². The predicted molar refractivity (Wildman–Crippen MR) is 101 cm³/mol. The van der Waals surface area contributed by atoms with Crippen LogP contribution in [0.3, 0.4) is 0 Å². The first-order valence-electron chi connectivity index (χ1n) is 8.29. The summed E-state index contributed by atoms with van der Waals surface area (Å²) in [5.74, 6) is -0.507. The molecular weight excluding hydrogens is 337 g/mol. The van der Waals surface area contributed by atoms with Crippen LogP contribution in [0.1, 0.15) is 23.2 Å². The lowest BCUT2D eigenvalue weighted by Gasteiger charge is -2.34. The molecule has 3 rings (SSSR count). The molecule has 1 heterocycles. The van der Waals surface area contributed by atoms with E-state index in [4.69, 9.17) is 12.2 Å². The molecule has 1 aliphatic heterocycles. The number of para-hydroxylation sites is 1. The van der Waals surface area contributed by atoms with Gasteiger partial charge in [0.05, 0.1) is 0 Å². The Morgan fingerprint density at radius 3 is 2.32 bits per heavy atom. The van der Waals surface area contributed by atoms with Crippen molar-refractivity contribution < 1.29 is 9.18 Å². The van der Waals surface area contributed by atoms with Crippen LogP contribution in [0, 0.1) is 5.82 Å². The van der Waals surface area contributed by atoms with E-state index >= 15 is 0 Å². The normalized spacial score (nSPS) is 14.8. The zero-order valence-electron chi connectivity index (χ0n) is 13.7. The number of likely N-dealkylation sites (tertiary alicyclic amines) is 1. The fourth-order valence-electron chi connectivity index (χ4n) is 2.82. The minimum absolute atomic E-state index is 0.105. The lowest BCUT2D eigenvalue weighted by Crippen LogP contribution is -2.47. The summed E-state index contributed by atoms with van der Waals surface area (Å²) in [4.78, 5) is 14.3. The van der Waals surface area contributed by atoms with Gasteiger partial charge in [0, 0.05) is 30.4 Å². The number of carbonyl (C=O) groups is 1. The van der Waals surface area contributed by atoms with Crippen molar-refractivity contribution in [1.29, 1.82) is 0 Å². The maximum Gasteiger partial charge on any atom is 0.251 e. The van der Waals surface area contributed by atoms with Crippen molar-refractivity contribution in [2.75, 3.05) is 18.4 Å². The van der Waals surface area contributed by atoms with Crippen molar-refractivity contribution in [3.8, 4) is 0 Å². The van der Waals surface area contributed by atoms with Crippen LogP contribution in [-0.4, -0.2) is 35.1 Å². The summed E-state index contributed by atoms with van der Waals surface area (Å²) in [7, 11) is 0. The van der Waals surface area contributed by atoms with E-state index in [1.165, 1.54) is 24.3 Å². The lowest BCUT2D eigenvalue weighted by molar-refractivity contribution is 0.0922. The molecule has 1 aliphatic rings. The Labute approximate surface area is 152 Å². The van der Waals surface area contributed by atoms with Gasteiger partial charge in [0.1, 0.15) is 5.82 Å². The summed E-state index contributed by atoms with van der Waals surface area (Å²) in [6.07, 6.45) is 1.65. The molecule has 0 atom stereocenters. The summed E-state index contributed by atoms with van der Waals surface area (Å²) in [5, 5.41) is 6.95. The monoisotopic (exact) mass is 357 g/mol. The number of piperidine rings is 1. The Balaban J connectivity index is 1.47. The van der Waals surface area contributed by atoms with E-state index in [1.807, 2.05) is 30.3 Å². The van der Waals surface area contributed by atoms with Crippen LogP contribution in [0.25, 0.3) is 0 Å². The van der Waals surface area contributed by atoms with Crippen LogP contribution in [0.4, 0.5) is 10.1 Å². The van der Waals surface area contributed by atoms with E-state index in [1.54, 1.807) is 0 Å². The number of nitrogens with zero attached hydrogens (tertiary/aromatic N) is 1. The number of hydrogen-bond acceptors (Lipinski definition) is 2. The Kier molecular flexibility index (Phi) is 5.60. The van der Waals surface area contributed by atoms with Gasteiger partial charge in [-0.2, -0.15) is 0 Å². The SMILES string of the molecule is O=C(NC1CCN(C(=S)Nc2ccccc2)CC1)c1ccc(F)cc1. The van der Waals surface area contributed by atoms with Gasteiger partial charge in [0.15, 0.2) is 5.11 Å². The van der Waals surface area contributed by atoms with Gasteiger partial charge >= 0.3 is 0 Å². The first kappa shape index (κ1) is 17.4. The van der Waals surface area contributed by atoms with Gasteiger partial charge in [-0.1, -0.05) is 18.2 Å². The van der Waals surface area contributed by atoms with E-state index < -0.39 is 0 Å². The van der Waals surface area contributed by atoms with Gasteiger partial charge in [-0.25, -0.2) is 4.39 Å². The summed E-state index contributed by atoms with van der Waals surface area (Å²) >= 11 is 5.46. The van der Waals surface area contributed by atoms with Gasteiger partial charge in [-0.15, -0.1) is 0 Å². The Hall–Kier alpha value is -2.47. The predicted octanol–water partition coefficient (Wildman–Crippen LogP) is 3.42. The third-order valence-corrected chi connectivity index (χ3v) is 4.61. The lowest BCUT2D eigenvalue weighted by atomic mass is 10.0. The summed E-state index contributed by atoms with van der Waals surface area (Å²) in [5.41, 5.74) is 1.45. The van der Waals surface area contributed by atoms with Crippen molar-refractivity contribution in [3.05, 3.63) is 66.0 Å². The van der Waals surface area contributed by atoms with Crippen LogP contribution in [0.5, 0.6) is 0 Å². The van der Waals surface area contributed by atoms with Crippen LogP contribution in [0.2, 0.25) is 0 Å². The highest BCUT2D eigenvalue weighted by Gasteiger charge is 2.22. The number of anilines is 1. The van der Waals surface area contributed by atoms with Crippen LogP contribution < -0.4 is 10.6 Å². The molecule has 2 aromatic rings. The average molecular weight is 357 g/mol. The molecule has 130 valence electrons. The Bertz CT molecular complexity index is 728. The number of thiocarbonyl (C=S) groups is 1. The number of carbonyl (C=O) groups excluding carboxylic acids is 1. The van der Waals surface area contributed by atoms with E-state index in [0.717, 1.165) is 31.6 Å². The number of benzene rings is 2. The fraction of sp³-hybridized carbons (Fsp3) is 0.263. The second kappa shape index (κ2) is 8.07. The summed E-state index contributed by atoms with van der Waals surface area (Å²) in [6, 6.07) is 15.5. The molecule has 2 N–H and O–H groups in total. The van der Waals surface area contributed by atoms with Crippen molar-refractivity contribution in [1.82, 2.24) is 10.2 Å². The van der Waals surface area contributed by atoms with Crippen LogP contribution >= 0.6 is 12.2 Å². The van der Waals surface area contributed by atoms with Gasteiger partial charge in [0.25, 0.3) is 5.91 Å². The fourth-order valence-corrected chi connectivity index (χ4v) is 3.12. The highest BCUT2D eigenvalue weighted by Crippen LogP contribution is 2.14. The van der Waals surface area contributed by atoms with Gasteiger partial charge in [0.2, 0.25) is 0 Å². The topological polar surface area (TPSA) is 44.4 Å². The minimum Gasteiger partial charge on any atom is -0.349 e. The number of amides is 1. The number of rotatable bonds is 3. The zero-order chi connectivity index (χ0) is 17.6. The quantitative estimate of drug-likeness (QED) is 0.827. The largest absolute Gasteiger partial charge is 0.349 e. The molecule has 0 aromatic heterocycles. The van der Waals surface area contributed by atoms with Crippen LogP contribution in [-0.2, 0) is 0 Å². The molecule has 0 aliphatic carbocycles. The second-order valence-electron chi connectivity index (χ2n) is 6.04. The van der Waals surface area contributed by atoms with Gasteiger partial charge < -0.3 is 15.5 Å². The Morgan fingerprint density at radius 1 is 1.04 bits per heavy atom. The third-order valence-electron chi connectivity index (χ3n) is 4.25. The third kappa shape index (κ3) is 4.76. The van der Waals surface area contributed by atoms with Crippen molar-refractivity contribution in [3.63, 3.8) is 0 Å². The first-order valence-corrected chi connectivity index (χ1v) is 8.70. The molecule has 6 heteroatoms. The number of hydrogen-bond donors (Lipinski definition) is 2. The van der Waals surface area contributed by atoms with Crippen molar-refractivity contribution in [2.45, 2.75) is 18.9 Å². The maximum absolute atomic E-state index is 12.9. The standard InChI is InChI=1S/C19H20FN3OS/c20-15-8-6-14(7-9-15)18(24)21-17-10-12-23(13-11-17)19(25)22-16-4-2-1-3-5-16/h1-9,17H,10-13H2,(H,21,24)(H,22,25). The number of nitrogens with one attached hydrogen (secondary N) is 2. The van der Waals surface area contributed by atoms with E-state index in [2.05, 4.69) is 15.5 Å². The molecular formula is C19H20FN3OS. The molecule has 0 bridgehead atoms. The molecule has 4 nitrogen and oxygen atoms in total. The molecule has 0 radical (unpaired) electrons. The summed E-state index contributed by atoms with van der Waals surface area (Å²) in [6.45, 7) is 1.57. The van der Waals surface area contributed by atoms with Crippen LogP contribution in [0.15, 0.2) is 54.6 Å². The second-order valence-corrected chi connectivity index (χ2v) is 6.42. The Morgan fingerprint density at radius 2 is 1.68 bits per heavy atom. The van der Waals surface area contributed by atoms with Gasteiger partial charge in [-0.05, 0) is 61.5 Å². The average Bonchev–Trinajstić information content (AvgIpc) is 2.63. The van der Waals surface area contributed by atoms with E-state index in [9.17, 15) is 9.18 Å².